The Hall–Kier alpha value is -1.44. The minimum atomic E-state index is -0.182. The molecule has 0 spiro atoms. The van der Waals surface area contributed by atoms with Gasteiger partial charge in [0.2, 0.25) is 0 Å². The van der Waals surface area contributed by atoms with Gasteiger partial charge in [0.05, 0.1) is 0 Å². The van der Waals surface area contributed by atoms with E-state index in [1.807, 2.05) is 26.8 Å². The second-order valence-electron chi connectivity index (χ2n) is 4.01. The molecule has 0 bridgehead atoms. The summed E-state index contributed by atoms with van der Waals surface area (Å²) in [5, 5.41) is 0. The maximum atomic E-state index is 13.6. The highest BCUT2D eigenvalue weighted by Gasteiger charge is 2.03. The highest BCUT2D eigenvalue weighted by molar-refractivity contribution is 5.83. The summed E-state index contributed by atoms with van der Waals surface area (Å²) in [7, 11) is 0. The van der Waals surface area contributed by atoms with Gasteiger partial charge in [0, 0.05) is 17.5 Å². The number of rotatable bonds is 3. The van der Waals surface area contributed by atoms with Crippen LogP contribution in [0.3, 0.4) is 0 Å². The summed E-state index contributed by atoms with van der Waals surface area (Å²) in [5.41, 5.74) is 3.46. The van der Waals surface area contributed by atoms with Crippen molar-refractivity contribution in [1.29, 1.82) is 0 Å². The van der Waals surface area contributed by atoms with Gasteiger partial charge in [-0.25, -0.2) is 4.39 Å². The Morgan fingerprint density at radius 3 is 2.62 bits per heavy atom. The molecule has 0 saturated carbocycles. The number of benzene rings is 1. The van der Waals surface area contributed by atoms with Crippen LogP contribution in [0.15, 0.2) is 29.4 Å². The summed E-state index contributed by atoms with van der Waals surface area (Å²) in [6.45, 7) is 7.77. The molecular formula is C14H18FN. The van der Waals surface area contributed by atoms with E-state index in [2.05, 4.69) is 11.9 Å². The molecule has 1 aromatic carbocycles. The largest absolute Gasteiger partial charge is 0.266 e. The summed E-state index contributed by atoms with van der Waals surface area (Å²) >= 11 is 0. The molecule has 0 N–H and O–H groups in total. The predicted molar refractivity (Wildman–Crippen MR) is 68.2 cm³/mol. The molecule has 1 nitrogen and oxygen atoms in total. The van der Waals surface area contributed by atoms with Crippen molar-refractivity contribution < 1.29 is 4.39 Å². The van der Waals surface area contributed by atoms with Crippen molar-refractivity contribution in [2.45, 2.75) is 34.1 Å². The third-order valence-electron chi connectivity index (χ3n) is 2.54. The summed E-state index contributed by atoms with van der Waals surface area (Å²) in [5.74, 6) is -0.182. The highest BCUT2D eigenvalue weighted by atomic mass is 19.1. The normalized spacial score (nSPS) is 13.1. The molecule has 2 heteroatoms. The van der Waals surface area contributed by atoms with E-state index < -0.39 is 0 Å². The van der Waals surface area contributed by atoms with Gasteiger partial charge in [-0.05, 0) is 44.4 Å². The Balaban J connectivity index is 3.00. The summed E-state index contributed by atoms with van der Waals surface area (Å²) in [6, 6.07) is 5.25. The molecule has 0 aliphatic heterocycles. The van der Waals surface area contributed by atoms with E-state index >= 15 is 0 Å². The van der Waals surface area contributed by atoms with E-state index in [1.54, 1.807) is 18.3 Å². The monoisotopic (exact) mass is 219 g/mol. The maximum absolute atomic E-state index is 13.6. The van der Waals surface area contributed by atoms with Crippen LogP contribution < -0.4 is 0 Å². The van der Waals surface area contributed by atoms with Crippen molar-refractivity contribution in [3.8, 4) is 0 Å². The number of halogens is 1. The molecule has 1 aromatic rings. The van der Waals surface area contributed by atoms with Crippen molar-refractivity contribution in [1.82, 2.24) is 0 Å². The van der Waals surface area contributed by atoms with Gasteiger partial charge in [0.25, 0.3) is 0 Å². The summed E-state index contributed by atoms with van der Waals surface area (Å²) < 4.78 is 13.6. The van der Waals surface area contributed by atoms with Crippen LogP contribution in [0.4, 0.5) is 4.39 Å². The summed E-state index contributed by atoms with van der Waals surface area (Å²) in [4.78, 5) is 4.27. The number of hydrogen-bond donors (Lipinski definition) is 0. The van der Waals surface area contributed by atoms with Crippen LogP contribution >= 0.6 is 0 Å². The molecule has 0 atom stereocenters. The van der Waals surface area contributed by atoms with Gasteiger partial charge in [0.15, 0.2) is 0 Å². The fraction of sp³-hybridized carbons (Fsp3) is 0.357. The zero-order chi connectivity index (χ0) is 12.1. The molecule has 0 saturated heterocycles. The lowest BCUT2D eigenvalue weighted by Gasteiger charge is -2.03. The Morgan fingerprint density at radius 2 is 2.06 bits per heavy atom. The van der Waals surface area contributed by atoms with Gasteiger partial charge < -0.3 is 0 Å². The molecule has 0 amide bonds. The van der Waals surface area contributed by atoms with Crippen LogP contribution in [0.25, 0.3) is 5.57 Å². The van der Waals surface area contributed by atoms with Gasteiger partial charge in [-0.1, -0.05) is 19.1 Å². The zero-order valence-electron chi connectivity index (χ0n) is 10.3. The number of aryl methyl sites for hydroxylation is 1. The molecule has 0 unspecified atom stereocenters. The molecule has 16 heavy (non-hydrogen) atoms. The SMILES string of the molecule is CCC(C)=N/C=C(\C)c1ccc(C)cc1F. The third-order valence-corrected chi connectivity index (χ3v) is 2.54. The highest BCUT2D eigenvalue weighted by Crippen LogP contribution is 2.18. The van der Waals surface area contributed by atoms with Crippen LogP contribution in [0, 0.1) is 12.7 Å². The van der Waals surface area contributed by atoms with E-state index in [1.165, 1.54) is 0 Å². The number of nitrogens with zero attached hydrogens (tertiary/aromatic N) is 1. The first kappa shape index (κ1) is 12.6. The first-order valence-corrected chi connectivity index (χ1v) is 5.51. The van der Waals surface area contributed by atoms with Crippen LogP contribution in [-0.4, -0.2) is 5.71 Å². The van der Waals surface area contributed by atoms with Crippen molar-refractivity contribution >= 4 is 11.3 Å². The smallest absolute Gasteiger partial charge is 0.131 e. The van der Waals surface area contributed by atoms with E-state index in [9.17, 15) is 4.39 Å². The minimum absolute atomic E-state index is 0.182. The fourth-order valence-corrected chi connectivity index (χ4v) is 1.31. The van der Waals surface area contributed by atoms with Crippen LogP contribution in [0.1, 0.15) is 38.3 Å². The molecule has 0 aliphatic carbocycles. The lowest BCUT2D eigenvalue weighted by atomic mass is 10.1. The number of hydrogen-bond acceptors (Lipinski definition) is 1. The number of allylic oxidation sites excluding steroid dienone is 1. The van der Waals surface area contributed by atoms with Gasteiger partial charge in [0.1, 0.15) is 5.82 Å². The minimum Gasteiger partial charge on any atom is -0.266 e. The van der Waals surface area contributed by atoms with E-state index in [0.717, 1.165) is 23.3 Å². The lowest BCUT2D eigenvalue weighted by molar-refractivity contribution is 0.622. The molecule has 0 aliphatic rings. The average Bonchev–Trinajstić information content (AvgIpc) is 2.25. The average molecular weight is 219 g/mol. The first-order valence-electron chi connectivity index (χ1n) is 5.51. The second-order valence-corrected chi connectivity index (χ2v) is 4.01. The molecule has 1 rings (SSSR count). The van der Waals surface area contributed by atoms with Gasteiger partial charge >= 0.3 is 0 Å². The Labute approximate surface area is 96.7 Å². The topological polar surface area (TPSA) is 12.4 Å². The van der Waals surface area contributed by atoms with Gasteiger partial charge in [-0.15, -0.1) is 0 Å². The second kappa shape index (κ2) is 5.59. The van der Waals surface area contributed by atoms with Gasteiger partial charge in [-0.2, -0.15) is 0 Å². The maximum Gasteiger partial charge on any atom is 0.131 e. The predicted octanol–water partition coefficient (Wildman–Crippen LogP) is 4.37. The fourth-order valence-electron chi connectivity index (χ4n) is 1.31. The van der Waals surface area contributed by atoms with E-state index in [-0.39, 0.29) is 5.82 Å². The van der Waals surface area contributed by atoms with Crippen LogP contribution in [0.5, 0.6) is 0 Å². The molecule has 0 fully saturated rings. The Bertz CT molecular complexity index is 430. The van der Waals surface area contributed by atoms with Crippen LogP contribution in [0.2, 0.25) is 0 Å². The van der Waals surface area contributed by atoms with Gasteiger partial charge in [-0.3, -0.25) is 4.99 Å². The third kappa shape index (κ3) is 3.30. The first-order chi connectivity index (χ1) is 7.54. The summed E-state index contributed by atoms with van der Waals surface area (Å²) in [6.07, 6.45) is 2.65. The van der Waals surface area contributed by atoms with E-state index in [4.69, 9.17) is 0 Å². The Kier molecular flexibility index (Phi) is 4.41. The van der Waals surface area contributed by atoms with Crippen molar-refractivity contribution in [2.24, 2.45) is 4.99 Å². The quantitative estimate of drug-likeness (QED) is 0.669. The van der Waals surface area contributed by atoms with E-state index in [0.29, 0.717) is 5.56 Å². The molecule has 0 radical (unpaired) electrons. The van der Waals surface area contributed by atoms with Crippen molar-refractivity contribution in [3.63, 3.8) is 0 Å². The standard InChI is InChI=1S/C14H18FN/c1-5-12(4)16-9-11(3)13-7-6-10(2)8-14(13)15/h6-9H,5H2,1-4H3/b11-9+,16-12?. The Morgan fingerprint density at radius 1 is 1.38 bits per heavy atom. The zero-order valence-corrected chi connectivity index (χ0v) is 10.3. The molecular weight excluding hydrogens is 201 g/mol. The van der Waals surface area contributed by atoms with Crippen LogP contribution in [-0.2, 0) is 0 Å². The number of aliphatic imine (C=N–C) groups is 1. The molecule has 86 valence electrons. The molecule has 0 aromatic heterocycles. The molecule has 0 heterocycles. The van der Waals surface area contributed by atoms with Crippen molar-refractivity contribution in [2.75, 3.05) is 0 Å². The lowest BCUT2D eigenvalue weighted by Crippen LogP contribution is -1.89. The van der Waals surface area contributed by atoms with Crippen molar-refractivity contribution in [3.05, 3.63) is 41.3 Å².